The Morgan fingerprint density at radius 2 is 1.97 bits per heavy atom. The van der Waals surface area contributed by atoms with Gasteiger partial charge in [-0.05, 0) is 37.9 Å². The molecule has 0 radical (unpaired) electrons. The molecule has 0 unspecified atom stereocenters. The molecule has 0 saturated carbocycles. The average Bonchev–Trinajstić information content (AvgIpc) is 2.67. The summed E-state index contributed by atoms with van der Waals surface area (Å²) >= 11 is 0. The number of fused-ring (bicyclic) bond motifs is 1. The number of ether oxygens (including phenoxy) is 2. The van der Waals surface area contributed by atoms with Gasteiger partial charge in [-0.1, -0.05) is 13.8 Å². The van der Waals surface area contributed by atoms with E-state index in [1.54, 1.807) is 37.3 Å². The summed E-state index contributed by atoms with van der Waals surface area (Å²) in [5.41, 5.74) is 0.758. The normalized spacial score (nSPS) is 24.4. The molecule has 1 amide bonds. The third kappa shape index (κ3) is 6.58. The molecule has 1 aliphatic rings. The van der Waals surface area contributed by atoms with Gasteiger partial charge < -0.3 is 14.4 Å². The number of methoxy groups -OCH3 is 1. The number of carbonyl (C=O) groups excluding carboxylic acids is 1. The lowest BCUT2D eigenvalue weighted by molar-refractivity contribution is 0.0108. The Bertz CT molecular complexity index is 830. The summed E-state index contributed by atoms with van der Waals surface area (Å²) in [6.07, 6.45) is 2.01. The maximum atomic E-state index is 13.1. The Morgan fingerprint density at radius 1 is 1.27 bits per heavy atom. The average molecular weight is 442 g/mol. The highest BCUT2D eigenvalue weighted by molar-refractivity contribution is 7.92. The first-order valence-corrected chi connectivity index (χ1v) is 12.2. The van der Waals surface area contributed by atoms with Crippen LogP contribution in [-0.2, 0) is 14.8 Å². The van der Waals surface area contributed by atoms with Gasteiger partial charge in [-0.2, -0.15) is 0 Å². The van der Waals surface area contributed by atoms with E-state index in [0.717, 1.165) is 25.8 Å². The van der Waals surface area contributed by atoms with Crippen molar-refractivity contribution in [2.45, 2.75) is 39.3 Å². The van der Waals surface area contributed by atoms with Crippen LogP contribution in [-0.4, -0.2) is 82.9 Å². The standard InChI is InChI=1S/C21H35N3O5S/c1-7-10-24-12-15(2)20(28-5)13-23(4)21(25)18-9-8-17(22-30(6,26)27)11-19(18)29-14-16(24)3/h8-9,11,15-16,20,22H,7,10,12-14H2,1-6H3/t15-,16+,20-/m0/s1. The zero-order valence-corrected chi connectivity index (χ0v) is 19.7. The molecule has 1 aromatic rings. The van der Waals surface area contributed by atoms with Crippen LogP contribution in [0.1, 0.15) is 37.6 Å². The predicted octanol–water partition coefficient (Wildman–Crippen LogP) is 2.27. The maximum Gasteiger partial charge on any atom is 0.257 e. The van der Waals surface area contributed by atoms with Crippen molar-refractivity contribution in [1.82, 2.24) is 9.80 Å². The van der Waals surface area contributed by atoms with Crippen LogP contribution in [0.2, 0.25) is 0 Å². The monoisotopic (exact) mass is 441 g/mol. The van der Waals surface area contributed by atoms with E-state index in [4.69, 9.17) is 9.47 Å². The minimum absolute atomic E-state index is 0.0968. The molecule has 0 fully saturated rings. The van der Waals surface area contributed by atoms with Crippen molar-refractivity contribution in [3.05, 3.63) is 23.8 Å². The largest absolute Gasteiger partial charge is 0.491 e. The van der Waals surface area contributed by atoms with Crippen LogP contribution in [0.15, 0.2) is 18.2 Å². The number of sulfonamides is 1. The number of benzene rings is 1. The molecular formula is C21H35N3O5S. The van der Waals surface area contributed by atoms with E-state index >= 15 is 0 Å². The molecule has 0 bridgehead atoms. The lowest BCUT2D eigenvalue weighted by Gasteiger charge is -2.35. The van der Waals surface area contributed by atoms with Gasteiger partial charge >= 0.3 is 0 Å². The highest BCUT2D eigenvalue weighted by Crippen LogP contribution is 2.27. The predicted molar refractivity (Wildman–Crippen MR) is 119 cm³/mol. The molecule has 1 aromatic carbocycles. The molecule has 2 rings (SSSR count). The zero-order valence-electron chi connectivity index (χ0n) is 18.8. The van der Waals surface area contributed by atoms with E-state index in [1.165, 1.54) is 0 Å². The van der Waals surface area contributed by atoms with E-state index in [2.05, 4.69) is 30.4 Å². The van der Waals surface area contributed by atoms with Crippen LogP contribution in [0, 0.1) is 5.92 Å². The Labute approximate surface area is 180 Å². The molecule has 8 nitrogen and oxygen atoms in total. The highest BCUT2D eigenvalue weighted by Gasteiger charge is 2.28. The van der Waals surface area contributed by atoms with Crippen molar-refractivity contribution in [3.8, 4) is 5.75 Å². The van der Waals surface area contributed by atoms with Crippen LogP contribution in [0.3, 0.4) is 0 Å². The minimum Gasteiger partial charge on any atom is -0.491 e. The van der Waals surface area contributed by atoms with Crippen LogP contribution < -0.4 is 9.46 Å². The van der Waals surface area contributed by atoms with Crippen LogP contribution in [0.4, 0.5) is 5.69 Å². The molecule has 170 valence electrons. The van der Waals surface area contributed by atoms with Crippen molar-refractivity contribution in [2.75, 3.05) is 51.4 Å². The van der Waals surface area contributed by atoms with Gasteiger partial charge in [0, 0.05) is 39.4 Å². The zero-order chi connectivity index (χ0) is 22.5. The van der Waals surface area contributed by atoms with Crippen molar-refractivity contribution in [1.29, 1.82) is 0 Å². The van der Waals surface area contributed by atoms with Crippen LogP contribution in [0.25, 0.3) is 0 Å². The summed E-state index contributed by atoms with van der Waals surface area (Å²) in [6, 6.07) is 4.87. The maximum absolute atomic E-state index is 13.1. The molecule has 0 spiro atoms. The number of anilines is 1. The third-order valence-electron chi connectivity index (χ3n) is 5.39. The Balaban J connectivity index is 2.44. The van der Waals surface area contributed by atoms with E-state index in [0.29, 0.717) is 30.2 Å². The first-order valence-electron chi connectivity index (χ1n) is 10.3. The van der Waals surface area contributed by atoms with Gasteiger partial charge in [0.15, 0.2) is 0 Å². The molecule has 9 heteroatoms. The summed E-state index contributed by atoms with van der Waals surface area (Å²) in [7, 11) is -0.0159. The molecular weight excluding hydrogens is 406 g/mol. The second kappa shape index (κ2) is 10.5. The van der Waals surface area contributed by atoms with Crippen molar-refractivity contribution in [2.24, 2.45) is 5.92 Å². The van der Waals surface area contributed by atoms with Gasteiger partial charge in [0.25, 0.3) is 5.91 Å². The first-order chi connectivity index (χ1) is 14.1. The number of nitrogens with zero attached hydrogens (tertiary/aromatic N) is 2. The van der Waals surface area contributed by atoms with Gasteiger partial charge in [-0.15, -0.1) is 0 Å². The quantitative estimate of drug-likeness (QED) is 0.754. The SMILES string of the molecule is CCCN1C[C@H](C)[C@@H](OC)CN(C)C(=O)c2ccc(NS(C)(=O)=O)cc2OC[C@H]1C. The minimum atomic E-state index is -3.44. The number of likely N-dealkylation sites (N-methyl/N-ethyl adjacent to an activating group) is 1. The van der Waals surface area contributed by atoms with Gasteiger partial charge in [0.1, 0.15) is 12.4 Å². The van der Waals surface area contributed by atoms with Gasteiger partial charge in [-0.25, -0.2) is 8.42 Å². The summed E-state index contributed by atoms with van der Waals surface area (Å²) in [5.74, 6) is 0.412. The van der Waals surface area contributed by atoms with E-state index in [9.17, 15) is 13.2 Å². The van der Waals surface area contributed by atoms with Gasteiger partial charge in [0.05, 0.1) is 23.6 Å². The number of nitrogens with one attached hydrogen (secondary N) is 1. The molecule has 1 aliphatic heterocycles. The Morgan fingerprint density at radius 3 is 2.57 bits per heavy atom. The van der Waals surface area contributed by atoms with E-state index < -0.39 is 10.0 Å². The number of rotatable bonds is 5. The van der Waals surface area contributed by atoms with Gasteiger partial charge in [0.2, 0.25) is 10.0 Å². The Hall–Kier alpha value is -1.84. The summed E-state index contributed by atoms with van der Waals surface area (Å²) < 4.78 is 37.4. The number of amides is 1. The molecule has 30 heavy (non-hydrogen) atoms. The van der Waals surface area contributed by atoms with Crippen LogP contribution >= 0.6 is 0 Å². The number of hydrogen-bond acceptors (Lipinski definition) is 6. The first kappa shape index (κ1) is 24.4. The molecule has 0 saturated heterocycles. The second-order valence-corrected chi connectivity index (χ2v) is 9.93. The fourth-order valence-corrected chi connectivity index (χ4v) is 4.28. The van der Waals surface area contributed by atoms with Crippen molar-refractivity contribution < 1.29 is 22.7 Å². The molecule has 1 heterocycles. The molecule has 3 atom stereocenters. The lowest BCUT2D eigenvalue weighted by Crippen LogP contribution is -2.46. The summed E-state index contributed by atoms with van der Waals surface area (Å²) in [5, 5.41) is 0. The Kier molecular flexibility index (Phi) is 8.52. The topological polar surface area (TPSA) is 88.2 Å². The highest BCUT2D eigenvalue weighted by atomic mass is 32.2. The molecule has 0 aliphatic carbocycles. The van der Waals surface area contributed by atoms with Crippen molar-refractivity contribution >= 4 is 21.6 Å². The third-order valence-corrected chi connectivity index (χ3v) is 6.00. The summed E-state index contributed by atoms with van der Waals surface area (Å²) in [6.45, 7) is 9.00. The van der Waals surface area contributed by atoms with Crippen molar-refractivity contribution in [3.63, 3.8) is 0 Å². The molecule has 1 N–H and O–H groups in total. The van der Waals surface area contributed by atoms with E-state index in [1.807, 2.05) is 0 Å². The number of carbonyl (C=O) groups is 1. The lowest BCUT2D eigenvalue weighted by atomic mass is 10.0. The number of hydrogen-bond donors (Lipinski definition) is 1. The van der Waals surface area contributed by atoms with E-state index in [-0.39, 0.29) is 24.0 Å². The fourth-order valence-electron chi connectivity index (χ4n) is 3.72. The smallest absolute Gasteiger partial charge is 0.257 e. The van der Waals surface area contributed by atoms with Crippen LogP contribution in [0.5, 0.6) is 5.75 Å². The molecule has 0 aromatic heterocycles. The van der Waals surface area contributed by atoms with Gasteiger partial charge in [-0.3, -0.25) is 14.4 Å². The fraction of sp³-hybridized carbons (Fsp3) is 0.667. The second-order valence-electron chi connectivity index (χ2n) is 8.18. The summed E-state index contributed by atoms with van der Waals surface area (Å²) in [4.78, 5) is 17.1.